The highest BCUT2D eigenvalue weighted by Gasteiger charge is 2.34. The number of benzene rings is 4. The van der Waals surface area contributed by atoms with Crippen LogP contribution in [0.25, 0.3) is 10.8 Å². The average Bonchev–Trinajstić information content (AvgIpc) is 2.89. The molecule has 0 saturated carbocycles. The minimum atomic E-state index is -5.23. The molecule has 0 aliphatic heterocycles. The summed E-state index contributed by atoms with van der Waals surface area (Å²) in [6.45, 7) is 0.616. The van der Waals surface area contributed by atoms with Crippen LogP contribution in [0.5, 0.6) is 5.75 Å². The van der Waals surface area contributed by atoms with Gasteiger partial charge in [0.1, 0.15) is 11.6 Å². The van der Waals surface area contributed by atoms with Crippen molar-refractivity contribution in [3.05, 3.63) is 112 Å². The number of fused-ring (bicyclic) bond motifs is 1. The van der Waals surface area contributed by atoms with Crippen molar-refractivity contribution >= 4 is 10.8 Å². The lowest BCUT2D eigenvalue weighted by Crippen LogP contribution is -2.19. The summed E-state index contributed by atoms with van der Waals surface area (Å²) in [4.78, 5) is 0. The standard InChI is InChI=1S/C31H27F7O2/c1-39-14-2-3-19-4-8-22(26(32)16-19)9-5-20-7-13-25-24(15-20)12-11-23(29(25)35)10-6-21-17-27(33)30(28(34)18-21)40-31(36,37)38/h4,7-8,11-13,15-18H,2-3,5-6,9-10,14H2,1H3. The van der Waals surface area contributed by atoms with Gasteiger partial charge in [-0.15, -0.1) is 13.2 Å². The molecule has 0 heterocycles. The molecular formula is C31H27F7O2. The fourth-order valence-corrected chi connectivity index (χ4v) is 4.63. The third kappa shape index (κ3) is 7.53. The Morgan fingerprint density at radius 1 is 0.625 bits per heavy atom. The largest absolute Gasteiger partial charge is 0.573 e. The van der Waals surface area contributed by atoms with Gasteiger partial charge in [-0.1, -0.05) is 42.5 Å². The Hall–Kier alpha value is -3.59. The molecule has 4 aromatic carbocycles. The zero-order valence-corrected chi connectivity index (χ0v) is 21.7. The Morgan fingerprint density at radius 3 is 1.90 bits per heavy atom. The molecule has 9 heteroatoms. The summed E-state index contributed by atoms with van der Waals surface area (Å²) >= 11 is 0. The van der Waals surface area contributed by atoms with Crippen LogP contribution in [0.15, 0.2) is 60.7 Å². The van der Waals surface area contributed by atoms with E-state index in [1.165, 1.54) is 0 Å². The molecule has 0 unspecified atom stereocenters. The first-order valence-corrected chi connectivity index (χ1v) is 12.7. The molecule has 0 bridgehead atoms. The van der Waals surface area contributed by atoms with E-state index in [0.29, 0.717) is 41.3 Å². The Morgan fingerprint density at radius 2 is 1.23 bits per heavy atom. The fraction of sp³-hybridized carbons (Fsp3) is 0.290. The lowest BCUT2D eigenvalue weighted by molar-refractivity contribution is -0.276. The van der Waals surface area contributed by atoms with Crippen LogP contribution in [0, 0.1) is 23.3 Å². The van der Waals surface area contributed by atoms with Crippen molar-refractivity contribution in [1.82, 2.24) is 0 Å². The molecule has 0 N–H and O–H groups in total. The molecule has 0 radical (unpaired) electrons. The van der Waals surface area contributed by atoms with Gasteiger partial charge in [0.2, 0.25) is 5.75 Å². The van der Waals surface area contributed by atoms with Gasteiger partial charge in [-0.2, -0.15) is 0 Å². The maximum atomic E-state index is 15.2. The van der Waals surface area contributed by atoms with E-state index in [-0.39, 0.29) is 24.2 Å². The van der Waals surface area contributed by atoms with Gasteiger partial charge in [0.15, 0.2) is 11.6 Å². The van der Waals surface area contributed by atoms with Crippen LogP contribution in [0.4, 0.5) is 30.7 Å². The van der Waals surface area contributed by atoms with Gasteiger partial charge in [0.05, 0.1) is 0 Å². The van der Waals surface area contributed by atoms with Gasteiger partial charge in [0.25, 0.3) is 0 Å². The summed E-state index contributed by atoms with van der Waals surface area (Å²) in [6, 6.07) is 15.3. The molecule has 212 valence electrons. The molecule has 0 amide bonds. The molecule has 0 saturated heterocycles. The molecule has 4 rings (SSSR count). The number of hydrogen-bond donors (Lipinski definition) is 0. The highest BCUT2D eigenvalue weighted by molar-refractivity contribution is 5.84. The summed E-state index contributed by atoms with van der Waals surface area (Å²) < 4.78 is 103. The van der Waals surface area contributed by atoms with Crippen molar-refractivity contribution in [2.75, 3.05) is 13.7 Å². The molecule has 0 atom stereocenters. The van der Waals surface area contributed by atoms with Crippen LogP contribution in [-0.2, 0) is 36.8 Å². The van der Waals surface area contributed by atoms with Crippen molar-refractivity contribution in [2.24, 2.45) is 0 Å². The molecule has 0 fully saturated rings. The van der Waals surface area contributed by atoms with E-state index in [2.05, 4.69) is 4.74 Å². The van der Waals surface area contributed by atoms with Crippen LogP contribution in [0.2, 0.25) is 0 Å². The van der Waals surface area contributed by atoms with Crippen molar-refractivity contribution in [3.8, 4) is 5.75 Å². The highest BCUT2D eigenvalue weighted by Crippen LogP contribution is 2.30. The predicted octanol–water partition coefficient (Wildman–Crippen LogP) is 8.44. The monoisotopic (exact) mass is 564 g/mol. The van der Waals surface area contributed by atoms with E-state index in [1.807, 2.05) is 12.1 Å². The van der Waals surface area contributed by atoms with Crippen LogP contribution in [0.3, 0.4) is 0 Å². The van der Waals surface area contributed by atoms with Gasteiger partial charge >= 0.3 is 6.36 Å². The summed E-state index contributed by atoms with van der Waals surface area (Å²) in [6.07, 6.45) is -2.57. The van der Waals surface area contributed by atoms with Crippen molar-refractivity contribution < 1.29 is 40.2 Å². The number of rotatable bonds is 11. The molecule has 0 aliphatic carbocycles. The van der Waals surface area contributed by atoms with E-state index in [4.69, 9.17) is 4.74 Å². The van der Waals surface area contributed by atoms with Crippen LogP contribution < -0.4 is 4.74 Å². The van der Waals surface area contributed by atoms with E-state index in [0.717, 1.165) is 36.1 Å². The summed E-state index contributed by atoms with van der Waals surface area (Å²) in [5, 5.41) is 1.01. The van der Waals surface area contributed by atoms with E-state index in [9.17, 15) is 26.3 Å². The summed E-state index contributed by atoms with van der Waals surface area (Å²) in [5.74, 6) is -5.25. The van der Waals surface area contributed by atoms with Gasteiger partial charge in [-0.3, -0.25) is 0 Å². The first-order valence-electron chi connectivity index (χ1n) is 12.7. The van der Waals surface area contributed by atoms with Crippen molar-refractivity contribution in [3.63, 3.8) is 0 Å². The third-order valence-electron chi connectivity index (χ3n) is 6.67. The van der Waals surface area contributed by atoms with Crippen molar-refractivity contribution in [1.29, 1.82) is 0 Å². The normalized spacial score (nSPS) is 11.8. The van der Waals surface area contributed by atoms with E-state index in [1.54, 1.807) is 43.5 Å². The Labute approximate surface area is 227 Å². The second-order valence-electron chi connectivity index (χ2n) is 9.55. The minimum Gasteiger partial charge on any atom is -0.399 e. The number of methoxy groups -OCH3 is 1. The zero-order valence-electron chi connectivity index (χ0n) is 21.7. The lowest BCUT2D eigenvalue weighted by Gasteiger charge is -2.12. The highest BCUT2D eigenvalue weighted by atomic mass is 19.4. The SMILES string of the molecule is COCCCc1ccc(CCc2ccc3c(F)c(CCc4cc(F)c(OC(F)(F)F)c(F)c4)ccc3c2)c(F)c1. The minimum absolute atomic E-state index is 0.00260. The molecule has 4 aromatic rings. The third-order valence-corrected chi connectivity index (χ3v) is 6.67. The molecule has 2 nitrogen and oxygen atoms in total. The number of ether oxygens (including phenoxy) is 2. The maximum Gasteiger partial charge on any atom is 0.573 e. The summed E-state index contributed by atoms with van der Waals surface area (Å²) in [7, 11) is 1.63. The fourth-order valence-electron chi connectivity index (χ4n) is 4.63. The van der Waals surface area contributed by atoms with Gasteiger partial charge < -0.3 is 9.47 Å². The van der Waals surface area contributed by atoms with Gasteiger partial charge in [-0.25, -0.2) is 17.6 Å². The first-order chi connectivity index (χ1) is 19.0. The van der Waals surface area contributed by atoms with Crippen LogP contribution in [0.1, 0.15) is 34.2 Å². The smallest absolute Gasteiger partial charge is 0.399 e. The number of alkyl halides is 3. The van der Waals surface area contributed by atoms with Gasteiger partial charge in [-0.05, 0) is 89.9 Å². The van der Waals surface area contributed by atoms with E-state index >= 15 is 4.39 Å². The number of hydrogen-bond acceptors (Lipinski definition) is 2. The van der Waals surface area contributed by atoms with Gasteiger partial charge in [0, 0.05) is 19.1 Å². The molecule has 0 spiro atoms. The first kappa shape index (κ1) is 29.4. The van der Waals surface area contributed by atoms with Crippen LogP contribution in [-0.4, -0.2) is 20.1 Å². The molecular weight excluding hydrogens is 537 g/mol. The van der Waals surface area contributed by atoms with Crippen molar-refractivity contribution in [2.45, 2.75) is 44.9 Å². The average molecular weight is 565 g/mol. The lowest BCUT2D eigenvalue weighted by atomic mass is 9.97. The number of aryl methyl sites for hydroxylation is 5. The quantitative estimate of drug-likeness (QED) is 0.134. The molecule has 0 aromatic heterocycles. The zero-order chi connectivity index (χ0) is 28.9. The topological polar surface area (TPSA) is 18.5 Å². The Bertz CT molecular complexity index is 1460. The molecule has 40 heavy (non-hydrogen) atoms. The summed E-state index contributed by atoms with van der Waals surface area (Å²) in [5.41, 5.74) is 2.79. The Kier molecular flexibility index (Phi) is 9.35. The Balaban J connectivity index is 1.41. The predicted molar refractivity (Wildman–Crippen MR) is 138 cm³/mol. The second kappa shape index (κ2) is 12.7. The second-order valence-corrected chi connectivity index (χ2v) is 9.55. The number of halogens is 7. The molecule has 0 aliphatic rings. The van der Waals surface area contributed by atoms with E-state index < -0.39 is 29.6 Å². The maximum absolute atomic E-state index is 15.2. The van der Waals surface area contributed by atoms with Crippen LogP contribution >= 0.6 is 0 Å².